The van der Waals surface area contributed by atoms with Crippen molar-refractivity contribution in [3.63, 3.8) is 0 Å². The van der Waals surface area contributed by atoms with E-state index in [9.17, 15) is 26.7 Å². The summed E-state index contributed by atoms with van der Waals surface area (Å²) in [5.74, 6) is -3.52. The molecule has 8 heteroatoms. The zero-order valence-electron chi connectivity index (χ0n) is 10.6. The molecule has 0 aliphatic carbocycles. The number of carbonyl (C=O) groups excluding carboxylic acids is 1. The summed E-state index contributed by atoms with van der Waals surface area (Å²) in [6.45, 7) is -0.682. The van der Waals surface area contributed by atoms with E-state index in [1.54, 1.807) is 5.32 Å². The van der Waals surface area contributed by atoms with Crippen LogP contribution in [0.5, 0.6) is 0 Å². The Balaban J connectivity index is 3.28. The maximum atomic E-state index is 13.7. The van der Waals surface area contributed by atoms with Crippen molar-refractivity contribution < 1.29 is 31.5 Å². The lowest BCUT2D eigenvalue weighted by atomic mass is 9.90. The van der Waals surface area contributed by atoms with E-state index >= 15 is 0 Å². The number of esters is 1. The van der Waals surface area contributed by atoms with Crippen LogP contribution < -0.4 is 5.32 Å². The first-order chi connectivity index (χ1) is 9.12. The maximum absolute atomic E-state index is 13.7. The molecule has 0 saturated carbocycles. The summed E-state index contributed by atoms with van der Waals surface area (Å²) in [6.07, 6.45) is -4.66. The number of alkyl halides is 3. The number of methoxy groups -OCH3 is 1. The molecule has 1 unspecified atom stereocenters. The van der Waals surface area contributed by atoms with Crippen LogP contribution in [-0.4, -0.2) is 25.8 Å². The van der Waals surface area contributed by atoms with Crippen molar-refractivity contribution >= 4 is 5.97 Å². The van der Waals surface area contributed by atoms with Crippen LogP contribution in [0.1, 0.15) is 12.5 Å². The van der Waals surface area contributed by atoms with Crippen LogP contribution in [0.15, 0.2) is 18.2 Å². The second-order valence-electron chi connectivity index (χ2n) is 4.18. The van der Waals surface area contributed by atoms with Crippen molar-refractivity contribution in [3.8, 4) is 0 Å². The quantitative estimate of drug-likeness (QED) is 0.685. The van der Waals surface area contributed by atoms with Crippen LogP contribution in [-0.2, 0) is 15.1 Å². The second-order valence-corrected chi connectivity index (χ2v) is 4.18. The molecule has 0 radical (unpaired) electrons. The number of carbonyl (C=O) groups is 1. The van der Waals surface area contributed by atoms with Crippen LogP contribution >= 0.6 is 0 Å². The van der Waals surface area contributed by atoms with Crippen LogP contribution in [0.3, 0.4) is 0 Å². The summed E-state index contributed by atoms with van der Waals surface area (Å²) < 4.78 is 68.5. The minimum atomic E-state index is -4.66. The number of ether oxygens (including phenoxy) is 1. The van der Waals surface area contributed by atoms with E-state index < -0.39 is 41.4 Å². The molecule has 0 spiro atoms. The summed E-state index contributed by atoms with van der Waals surface area (Å²) in [5, 5.41) is 1.81. The van der Waals surface area contributed by atoms with Gasteiger partial charge < -0.3 is 4.74 Å². The zero-order valence-corrected chi connectivity index (χ0v) is 10.6. The smallest absolute Gasteiger partial charge is 0.401 e. The van der Waals surface area contributed by atoms with Gasteiger partial charge in [0.25, 0.3) is 0 Å². The van der Waals surface area contributed by atoms with Crippen LogP contribution in [0.25, 0.3) is 0 Å². The highest BCUT2D eigenvalue weighted by molar-refractivity contribution is 5.82. The molecule has 0 saturated heterocycles. The minimum absolute atomic E-state index is 0.823. The molecule has 0 heterocycles. The summed E-state index contributed by atoms with van der Waals surface area (Å²) in [5.41, 5.74) is -3.12. The number of halogens is 5. The summed E-state index contributed by atoms with van der Waals surface area (Å²) in [6, 6.07) is 2.72. The molecule has 1 aromatic rings. The molecule has 0 aromatic heterocycles. The van der Waals surface area contributed by atoms with Crippen molar-refractivity contribution in [2.75, 3.05) is 13.7 Å². The van der Waals surface area contributed by atoms with Crippen LogP contribution in [0, 0.1) is 11.6 Å². The third kappa shape index (κ3) is 3.44. The molecule has 0 amide bonds. The molecular weight excluding hydrogens is 285 g/mol. The Bertz CT molecular complexity index is 483. The Morgan fingerprint density at radius 3 is 2.15 bits per heavy atom. The topological polar surface area (TPSA) is 38.3 Å². The lowest BCUT2D eigenvalue weighted by Gasteiger charge is -2.29. The number of hydrogen-bond donors (Lipinski definition) is 1. The molecule has 1 N–H and O–H groups in total. The van der Waals surface area contributed by atoms with E-state index in [1.807, 2.05) is 0 Å². The maximum Gasteiger partial charge on any atom is 0.401 e. The molecule has 1 rings (SSSR count). The molecule has 20 heavy (non-hydrogen) atoms. The fourth-order valence-corrected chi connectivity index (χ4v) is 1.72. The van der Waals surface area contributed by atoms with Crippen molar-refractivity contribution in [1.82, 2.24) is 5.32 Å². The molecule has 0 fully saturated rings. The Morgan fingerprint density at radius 2 is 1.75 bits per heavy atom. The van der Waals surface area contributed by atoms with E-state index in [-0.39, 0.29) is 0 Å². The highest BCUT2D eigenvalue weighted by Crippen LogP contribution is 2.29. The number of nitrogens with one attached hydrogen (secondary N) is 1. The van der Waals surface area contributed by atoms with E-state index in [1.165, 1.54) is 0 Å². The van der Waals surface area contributed by atoms with Crippen molar-refractivity contribution in [2.24, 2.45) is 0 Å². The summed E-state index contributed by atoms with van der Waals surface area (Å²) in [4.78, 5) is 11.7. The molecule has 0 aliphatic heterocycles. The first-order valence-electron chi connectivity index (χ1n) is 5.46. The Kier molecular flexibility index (Phi) is 4.69. The predicted octanol–water partition coefficient (Wildman–Crippen LogP) is 2.50. The third-order valence-electron chi connectivity index (χ3n) is 2.70. The second kappa shape index (κ2) is 5.74. The summed E-state index contributed by atoms with van der Waals surface area (Å²) in [7, 11) is 0.911. The minimum Gasteiger partial charge on any atom is -0.467 e. The highest BCUT2D eigenvalue weighted by Gasteiger charge is 2.43. The van der Waals surface area contributed by atoms with E-state index in [2.05, 4.69) is 4.74 Å². The van der Waals surface area contributed by atoms with Gasteiger partial charge in [-0.2, -0.15) is 13.2 Å². The summed E-state index contributed by atoms with van der Waals surface area (Å²) >= 11 is 0. The monoisotopic (exact) mass is 297 g/mol. The molecule has 0 bridgehead atoms. The average Bonchev–Trinajstić information content (AvgIpc) is 2.34. The standard InChI is InChI=1S/C12H12F5NO2/c1-11(10(19)20-2,18-6-12(15,16)17)9-7(13)4-3-5-8(9)14/h3-5,18H,6H2,1-2H3. The lowest BCUT2D eigenvalue weighted by Crippen LogP contribution is -2.51. The highest BCUT2D eigenvalue weighted by atomic mass is 19.4. The van der Waals surface area contributed by atoms with Gasteiger partial charge in [0.05, 0.1) is 19.2 Å². The zero-order chi connectivity index (χ0) is 15.6. The van der Waals surface area contributed by atoms with Gasteiger partial charge in [-0.1, -0.05) is 6.07 Å². The van der Waals surface area contributed by atoms with Crippen molar-refractivity contribution in [1.29, 1.82) is 0 Å². The SMILES string of the molecule is COC(=O)C(C)(NCC(F)(F)F)c1c(F)cccc1F. The normalized spacial score (nSPS) is 14.8. The first kappa shape index (κ1) is 16.4. The van der Waals surface area contributed by atoms with Crippen LogP contribution in [0.4, 0.5) is 22.0 Å². The van der Waals surface area contributed by atoms with Gasteiger partial charge >= 0.3 is 12.1 Å². The van der Waals surface area contributed by atoms with Crippen molar-refractivity contribution in [3.05, 3.63) is 35.4 Å². The lowest BCUT2D eigenvalue weighted by molar-refractivity contribution is -0.153. The third-order valence-corrected chi connectivity index (χ3v) is 2.70. The Morgan fingerprint density at radius 1 is 1.25 bits per heavy atom. The van der Waals surface area contributed by atoms with Gasteiger partial charge in [-0.3, -0.25) is 5.32 Å². The average molecular weight is 297 g/mol. The van der Waals surface area contributed by atoms with Crippen molar-refractivity contribution in [2.45, 2.75) is 18.6 Å². The van der Waals surface area contributed by atoms with E-state index in [4.69, 9.17) is 0 Å². The Hall–Kier alpha value is -1.70. The molecule has 0 aliphatic rings. The van der Waals surface area contributed by atoms with Gasteiger partial charge in [0, 0.05) is 0 Å². The van der Waals surface area contributed by atoms with Crippen LogP contribution in [0.2, 0.25) is 0 Å². The first-order valence-corrected chi connectivity index (χ1v) is 5.46. The molecule has 3 nitrogen and oxygen atoms in total. The number of hydrogen-bond acceptors (Lipinski definition) is 3. The van der Waals surface area contributed by atoms with E-state index in [0.29, 0.717) is 0 Å². The van der Waals surface area contributed by atoms with Gasteiger partial charge in [-0.15, -0.1) is 0 Å². The fraction of sp³-hybridized carbons (Fsp3) is 0.417. The Labute approximate surface area is 111 Å². The molecule has 1 aromatic carbocycles. The van der Waals surface area contributed by atoms with Gasteiger partial charge in [0.1, 0.15) is 17.2 Å². The fourth-order valence-electron chi connectivity index (χ4n) is 1.72. The predicted molar refractivity (Wildman–Crippen MR) is 59.8 cm³/mol. The molecule has 112 valence electrons. The van der Waals surface area contributed by atoms with Gasteiger partial charge in [-0.25, -0.2) is 13.6 Å². The van der Waals surface area contributed by atoms with Gasteiger partial charge in [0.15, 0.2) is 0 Å². The largest absolute Gasteiger partial charge is 0.467 e. The number of benzene rings is 1. The number of rotatable bonds is 4. The van der Waals surface area contributed by atoms with E-state index in [0.717, 1.165) is 32.2 Å². The van der Waals surface area contributed by atoms with Gasteiger partial charge in [0.2, 0.25) is 0 Å². The molecular formula is C12H12F5NO2. The molecule has 1 atom stereocenters. The van der Waals surface area contributed by atoms with Gasteiger partial charge in [-0.05, 0) is 19.1 Å².